The van der Waals surface area contributed by atoms with Crippen molar-refractivity contribution in [2.24, 2.45) is 0 Å². The number of nitrogens with one attached hydrogen (secondary N) is 2. The highest BCUT2D eigenvalue weighted by Gasteiger charge is 2.19. The molecule has 3 rings (SSSR count). The summed E-state index contributed by atoms with van der Waals surface area (Å²) in [6.07, 6.45) is 1.89. The number of nitrogens with zero attached hydrogens (tertiary/aromatic N) is 2. The van der Waals surface area contributed by atoms with Crippen molar-refractivity contribution in [2.45, 2.75) is 26.8 Å². The fourth-order valence-electron chi connectivity index (χ4n) is 3.28. The van der Waals surface area contributed by atoms with E-state index in [4.69, 9.17) is 0 Å². The Morgan fingerprint density at radius 1 is 1.13 bits per heavy atom. The normalized spacial score (nSPS) is 10.6. The summed E-state index contributed by atoms with van der Waals surface area (Å²) in [7, 11) is 1.40. The fraction of sp³-hybridized carbons (Fsp3) is 0.217. The zero-order valence-electron chi connectivity index (χ0n) is 17.5. The smallest absolute Gasteiger partial charge is 0.267 e. The highest BCUT2D eigenvalue weighted by molar-refractivity contribution is 5.94. The van der Waals surface area contributed by atoms with Crippen molar-refractivity contribution in [3.8, 4) is 11.4 Å². The molecule has 0 aliphatic carbocycles. The number of para-hydroxylation sites is 1. The quantitative estimate of drug-likeness (QED) is 0.639. The van der Waals surface area contributed by atoms with E-state index in [1.807, 2.05) is 32.0 Å². The van der Waals surface area contributed by atoms with Gasteiger partial charge in [0.2, 0.25) is 5.91 Å². The molecule has 0 saturated heterocycles. The second kappa shape index (κ2) is 9.34. The molecule has 2 aromatic carbocycles. The molecule has 0 bridgehead atoms. The van der Waals surface area contributed by atoms with Crippen molar-refractivity contribution < 1.29 is 14.0 Å². The Hall–Kier alpha value is -3.81. The van der Waals surface area contributed by atoms with Gasteiger partial charge in [-0.1, -0.05) is 25.1 Å². The Balaban J connectivity index is 2.04. The van der Waals surface area contributed by atoms with Crippen LogP contribution in [0.4, 0.5) is 10.1 Å². The average Bonchev–Trinajstić information content (AvgIpc) is 2.76. The lowest BCUT2D eigenvalue weighted by molar-refractivity contribution is -0.116. The maximum Gasteiger partial charge on any atom is 0.267 e. The number of rotatable bonds is 6. The van der Waals surface area contributed by atoms with Crippen molar-refractivity contribution in [3.63, 3.8) is 0 Å². The Morgan fingerprint density at radius 3 is 2.48 bits per heavy atom. The molecule has 2 N–H and O–H groups in total. The van der Waals surface area contributed by atoms with Gasteiger partial charge in [-0.15, -0.1) is 0 Å². The number of benzene rings is 2. The third kappa shape index (κ3) is 4.69. The molecule has 31 heavy (non-hydrogen) atoms. The van der Waals surface area contributed by atoms with Gasteiger partial charge in [-0.05, 0) is 48.7 Å². The summed E-state index contributed by atoms with van der Waals surface area (Å²) in [5, 5.41) is 5.26. The lowest BCUT2D eigenvalue weighted by Crippen LogP contribution is -2.35. The Labute approximate surface area is 178 Å². The van der Waals surface area contributed by atoms with Gasteiger partial charge in [0.25, 0.3) is 11.5 Å². The standard InChI is InChI=1S/C23H23FN4O3/c1-4-15-7-5-6-14(2)20(15)27-19(29)13-28-21(16-8-10-17(24)11-9-16)26-12-18(23(28)31)22(30)25-3/h5-12H,4,13H2,1-3H3,(H,25,30)(H,27,29). The molecule has 0 aliphatic rings. The molecule has 0 spiro atoms. The van der Waals surface area contributed by atoms with Gasteiger partial charge in [-0.2, -0.15) is 0 Å². The summed E-state index contributed by atoms with van der Waals surface area (Å²) >= 11 is 0. The first-order chi connectivity index (χ1) is 14.8. The van der Waals surface area contributed by atoms with Gasteiger partial charge < -0.3 is 10.6 Å². The lowest BCUT2D eigenvalue weighted by Gasteiger charge is -2.16. The van der Waals surface area contributed by atoms with E-state index in [9.17, 15) is 18.8 Å². The Bertz CT molecular complexity index is 1190. The number of carbonyl (C=O) groups is 2. The van der Waals surface area contributed by atoms with Crippen molar-refractivity contribution in [3.05, 3.63) is 81.5 Å². The predicted molar refractivity (Wildman–Crippen MR) is 116 cm³/mol. The summed E-state index contributed by atoms with van der Waals surface area (Å²) < 4.78 is 14.5. The van der Waals surface area contributed by atoms with E-state index in [0.717, 1.165) is 28.3 Å². The highest BCUT2D eigenvalue weighted by Crippen LogP contribution is 2.22. The molecule has 2 amide bonds. The van der Waals surface area contributed by atoms with Gasteiger partial charge in [0.15, 0.2) is 0 Å². The lowest BCUT2D eigenvalue weighted by atomic mass is 10.1. The second-order valence-electron chi connectivity index (χ2n) is 6.98. The van der Waals surface area contributed by atoms with E-state index in [1.54, 1.807) is 0 Å². The fourth-order valence-corrected chi connectivity index (χ4v) is 3.28. The van der Waals surface area contributed by atoms with Crippen LogP contribution in [-0.4, -0.2) is 28.4 Å². The van der Waals surface area contributed by atoms with Crippen molar-refractivity contribution in [2.75, 3.05) is 12.4 Å². The number of carbonyl (C=O) groups excluding carboxylic acids is 2. The minimum atomic E-state index is -0.663. The van der Waals surface area contributed by atoms with Gasteiger partial charge >= 0.3 is 0 Å². The topological polar surface area (TPSA) is 93.1 Å². The van der Waals surface area contributed by atoms with E-state index in [1.165, 1.54) is 31.3 Å². The minimum Gasteiger partial charge on any atom is -0.355 e. The van der Waals surface area contributed by atoms with Crippen LogP contribution in [0.15, 0.2) is 53.5 Å². The van der Waals surface area contributed by atoms with Crippen LogP contribution < -0.4 is 16.2 Å². The van der Waals surface area contributed by atoms with E-state index in [2.05, 4.69) is 15.6 Å². The Morgan fingerprint density at radius 2 is 1.84 bits per heavy atom. The van der Waals surface area contributed by atoms with Crippen LogP contribution in [0.1, 0.15) is 28.4 Å². The molecular formula is C23H23FN4O3. The van der Waals surface area contributed by atoms with E-state index in [-0.39, 0.29) is 17.9 Å². The first-order valence-corrected chi connectivity index (χ1v) is 9.81. The van der Waals surface area contributed by atoms with Gasteiger partial charge in [-0.3, -0.25) is 19.0 Å². The molecule has 7 nitrogen and oxygen atoms in total. The molecule has 1 heterocycles. The van der Waals surface area contributed by atoms with Gasteiger partial charge in [0.1, 0.15) is 23.7 Å². The molecule has 0 radical (unpaired) electrons. The molecular weight excluding hydrogens is 399 g/mol. The van der Waals surface area contributed by atoms with Crippen molar-refractivity contribution in [1.29, 1.82) is 0 Å². The number of aryl methyl sites for hydroxylation is 2. The number of amides is 2. The first kappa shape index (κ1) is 21.9. The van der Waals surface area contributed by atoms with E-state index in [0.29, 0.717) is 11.3 Å². The SMILES string of the molecule is CCc1cccc(C)c1NC(=O)Cn1c(-c2ccc(F)cc2)ncc(C(=O)NC)c1=O. The van der Waals surface area contributed by atoms with Crippen LogP contribution in [-0.2, 0) is 17.8 Å². The van der Waals surface area contributed by atoms with Crippen LogP contribution >= 0.6 is 0 Å². The van der Waals surface area contributed by atoms with Crippen LogP contribution in [0.5, 0.6) is 0 Å². The molecule has 0 atom stereocenters. The van der Waals surface area contributed by atoms with Crippen molar-refractivity contribution >= 4 is 17.5 Å². The highest BCUT2D eigenvalue weighted by atomic mass is 19.1. The Kier molecular flexibility index (Phi) is 6.59. The molecule has 0 fully saturated rings. The zero-order valence-corrected chi connectivity index (χ0v) is 17.5. The third-order valence-electron chi connectivity index (χ3n) is 4.93. The third-order valence-corrected chi connectivity index (χ3v) is 4.93. The number of hydrogen-bond acceptors (Lipinski definition) is 4. The van der Waals surface area contributed by atoms with E-state index < -0.39 is 23.2 Å². The average molecular weight is 422 g/mol. The number of aromatic nitrogens is 2. The second-order valence-corrected chi connectivity index (χ2v) is 6.98. The number of anilines is 1. The minimum absolute atomic E-state index is 0.160. The van der Waals surface area contributed by atoms with Crippen LogP contribution in [0.3, 0.4) is 0 Å². The summed E-state index contributed by atoms with van der Waals surface area (Å²) in [6, 6.07) is 11.1. The molecule has 1 aromatic heterocycles. The molecule has 160 valence electrons. The molecule has 0 unspecified atom stereocenters. The summed E-state index contributed by atoms with van der Waals surface area (Å²) in [6.45, 7) is 3.51. The first-order valence-electron chi connectivity index (χ1n) is 9.81. The summed E-state index contributed by atoms with van der Waals surface area (Å²) in [5.74, 6) is -1.33. The molecule has 0 saturated carbocycles. The summed E-state index contributed by atoms with van der Waals surface area (Å²) in [4.78, 5) is 42.2. The molecule has 0 aliphatic heterocycles. The van der Waals surface area contributed by atoms with E-state index >= 15 is 0 Å². The van der Waals surface area contributed by atoms with Gasteiger partial charge in [0.05, 0.1) is 0 Å². The monoisotopic (exact) mass is 422 g/mol. The molecule has 3 aromatic rings. The van der Waals surface area contributed by atoms with Crippen LogP contribution in [0.2, 0.25) is 0 Å². The van der Waals surface area contributed by atoms with Crippen LogP contribution in [0, 0.1) is 12.7 Å². The van der Waals surface area contributed by atoms with Crippen LogP contribution in [0.25, 0.3) is 11.4 Å². The number of halogens is 1. The predicted octanol–water partition coefficient (Wildman–Crippen LogP) is 2.92. The van der Waals surface area contributed by atoms with Crippen molar-refractivity contribution in [1.82, 2.24) is 14.9 Å². The number of hydrogen-bond donors (Lipinski definition) is 2. The maximum absolute atomic E-state index is 13.4. The summed E-state index contributed by atoms with van der Waals surface area (Å²) in [5.41, 5.74) is 2.16. The van der Waals surface area contributed by atoms with Gasteiger partial charge in [0, 0.05) is 24.5 Å². The largest absolute Gasteiger partial charge is 0.355 e. The maximum atomic E-state index is 13.4. The zero-order chi connectivity index (χ0) is 22.5. The van der Waals surface area contributed by atoms with Gasteiger partial charge in [-0.25, -0.2) is 9.37 Å². The molecule has 8 heteroatoms.